The number of hydrogen-bond donors (Lipinski definition) is 1. The second-order valence-electron chi connectivity index (χ2n) is 12.1. The van der Waals surface area contributed by atoms with Crippen molar-refractivity contribution >= 4 is 6.08 Å². The number of hydrogen-bond acceptors (Lipinski definition) is 1. The lowest BCUT2D eigenvalue weighted by Crippen LogP contribution is -2.28. The summed E-state index contributed by atoms with van der Waals surface area (Å²) in [6.45, 7) is 21.3. The highest BCUT2D eigenvalue weighted by molar-refractivity contribution is 5.59. The van der Waals surface area contributed by atoms with Gasteiger partial charge in [0.15, 0.2) is 0 Å². The molecule has 0 bridgehead atoms. The van der Waals surface area contributed by atoms with E-state index < -0.39 is 0 Å². The van der Waals surface area contributed by atoms with Gasteiger partial charge in [0.05, 0.1) is 6.10 Å². The molecule has 41 heavy (non-hydrogen) atoms. The molecule has 0 radical (unpaired) electrons. The molecule has 0 spiro atoms. The van der Waals surface area contributed by atoms with E-state index in [4.69, 9.17) is 0 Å². The number of aliphatic hydroxyl groups excluding tert-OH is 1. The maximum atomic E-state index is 10.1. The Bertz CT molecular complexity index is 1430. The molecule has 2 rings (SSSR count). The quantitative estimate of drug-likeness (QED) is 0.254. The van der Waals surface area contributed by atoms with E-state index in [2.05, 4.69) is 159 Å². The molecule has 216 valence electrons. The van der Waals surface area contributed by atoms with E-state index in [9.17, 15) is 5.11 Å². The lowest BCUT2D eigenvalue weighted by Gasteiger charge is -2.34. The van der Waals surface area contributed by atoms with Gasteiger partial charge in [-0.1, -0.05) is 133 Å². The first-order chi connectivity index (χ1) is 19.3. The Morgan fingerprint density at radius 3 is 1.95 bits per heavy atom. The van der Waals surface area contributed by atoms with Gasteiger partial charge in [0, 0.05) is 11.0 Å². The Morgan fingerprint density at radius 2 is 1.34 bits per heavy atom. The topological polar surface area (TPSA) is 20.2 Å². The predicted molar refractivity (Wildman–Crippen MR) is 182 cm³/mol. The zero-order valence-corrected chi connectivity index (χ0v) is 27.0. The van der Waals surface area contributed by atoms with Gasteiger partial charge in [0.2, 0.25) is 0 Å². The fourth-order valence-corrected chi connectivity index (χ4v) is 4.93. The van der Waals surface area contributed by atoms with Gasteiger partial charge in [-0.15, -0.1) is 0 Å². The molecule has 0 fully saturated rings. The molecule has 1 aliphatic rings. The van der Waals surface area contributed by atoms with E-state index in [0.29, 0.717) is 0 Å². The zero-order valence-electron chi connectivity index (χ0n) is 27.0. The number of aliphatic hydroxyl groups is 1. The van der Waals surface area contributed by atoms with Crippen molar-refractivity contribution in [2.45, 2.75) is 88.2 Å². The Kier molecular flexibility index (Phi) is 13.1. The Morgan fingerprint density at radius 1 is 0.780 bits per heavy atom. The highest BCUT2D eigenvalue weighted by atomic mass is 16.3. The molecule has 1 atom stereocenters. The average Bonchev–Trinajstić information content (AvgIpc) is 2.88. The smallest absolute Gasteiger partial charge is 0.0586 e. The lowest BCUT2D eigenvalue weighted by molar-refractivity contribution is 0.117. The molecule has 0 unspecified atom stereocenters. The van der Waals surface area contributed by atoms with Crippen molar-refractivity contribution in [3.63, 3.8) is 0 Å². The van der Waals surface area contributed by atoms with Crippen molar-refractivity contribution in [3.8, 4) is 11.8 Å². The van der Waals surface area contributed by atoms with Gasteiger partial charge in [-0.25, -0.2) is 0 Å². The van der Waals surface area contributed by atoms with Crippen molar-refractivity contribution < 1.29 is 5.11 Å². The first-order valence-corrected chi connectivity index (χ1v) is 14.7. The number of allylic oxidation sites excluding steroid dienone is 16. The van der Waals surface area contributed by atoms with Gasteiger partial charge in [-0.2, -0.15) is 0 Å². The Hall–Kier alpha value is -3.60. The molecule has 1 aliphatic carbocycles. The van der Waals surface area contributed by atoms with Crippen LogP contribution in [0.2, 0.25) is 0 Å². The van der Waals surface area contributed by atoms with Crippen LogP contribution >= 0.6 is 0 Å². The minimum Gasteiger partial charge on any atom is -0.393 e. The molecule has 0 aromatic heterocycles. The summed E-state index contributed by atoms with van der Waals surface area (Å²) in [7, 11) is 0. The first-order valence-electron chi connectivity index (χ1n) is 14.7. The predicted octanol–water partition coefficient (Wildman–Crippen LogP) is 10.6. The van der Waals surface area contributed by atoms with E-state index in [1.54, 1.807) is 0 Å². The van der Waals surface area contributed by atoms with Crippen LogP contribution in [0.15, 0.2) is 112 Å². The minimum absolute atomic E-state index is 0.0768. The molecule has 1 aromatic rings. The molecule has 0 saturated carbocycles. The lowest BCUT2D eigenvalue weighted by atomic mass is 9.72. The highest BCUT2D eigenvalue weighted by Gasteiger charge is 2.31. The number of aryl methyl sites for hydroxylation is 1. The van der Waals surface area contributed by atoms with Gasteiger partial charge in [-0.3, -0.25) is 0 Å². The molecule has 0 amide bonds. The highest BCUT2D eigenvalue weighted by Crippen LogP contribution is 2.39. The number of benzene rings is 1. The Balaban J connectivity index is 1.91. The molecule has 0 heterocycles. The molecule has 0 aliphatic heterocycles. The molecule has 1 heteroatoms. The standard InChI is InChI=1S/C40H50O/c1-29(17-13-19-31(3)21-24-37-25-23-33(5)35(7)36(37)8)15-11-12-16-30(2)18-14-20-32(4)22-26-39-34(6)27-38(41)28-40(39,9)10/h11-21,23-25,38,41H,27-28H2,1-10H3/b12-11+,17-13+,18-14+,24-21+,29-15+,30-16+,31-19+,32-20+/t38-/m1/s1. The van der Waals surface area contributed by atoms with Gasteiger partial charge in [-0.05, 0) is 96.1 Å². The van der Waals surface area contributed by atoms with Crippen LogP contribution in [-0.2, 0) is 0 Å². The van der Waals surface area contributed by atoms with Gasteiger partial charge in [0.1, 0.15) is 0 Å². The van der Waals surface area contributed by atoms with E-state index in [0.717, 1.165) is 18.4 Å². The summed E-state index contributed by atoms with van der Waals surface area (Å²) < 4.78 is 0. The third-order valence-electron chi connectivity index (χ3n) is 7.65. The molecular formula is C40H50O. The van der Waals surface area contributed by atoms with E-state index in [1.165, 1.54) is 50.1 Å². The maximum absolute atomic E-state index is 10.1. The third-order valence-corrected chi connectivity index (χ3v) is 7.65. The van der Waals surface area contributed by atoms with Crippen molar-refractivity contribution in [3.05, 3.63) is 135 Å². The third kappa shape index (κ3) is 11.4. The van der Waals surface area contributed by atoms with Gasteiger partial charge < -0.3 is 5.11 Å². The van der Waals surface area contributed by atoms with Crippen molar-refractivity contribution in [2.75, 3.05) is 0 Å². The fourth-order valence-electron chi connectivity index (χ4n) is 4.93. The monoisotopic (exact) mass is 546 g/mol. The largest absolute Gasteiger partial charge is 0.393 e. The van der Waals surface area contributed by atoms with Crippen LogP contribution in [0.1, 0.15) is 83.6 Å². The minimum atomic E-state index is -0.257. The first kappa shape index (κ1) is 33.6. The van der Waals surface area contributed by atoms with Crippen LogP contribution in [0.3, 0.4) is 0 Å². The van der Waals surface area contributed by atoms with Crippen LogP contribution in [0.4, 0.5) is 0 Å². The van der Waals surface area contributed by atoms with Crippen LogP contribution in [0.25, 0.3) is 6.08 Å². The molecule has 1 aromatic carbocycles. The molecule has 0 saturated heterocycles. The molecule has 1 N–H and O–H groups in total. The molecular weight excluding hydrogens is 496 g/mol. The summed E-state index contributed by atoms with van der Waals surface area (Å²) in [6, 6.07) is 4.39. The second-order valence-corrected chi connectivity index (χ2v) is 12.1. The average molecular weight is 547 g/mol. The van der Waals surface area contributed by atoms with Crippen LogP contribution in [0, 0.1) is 38.0 Å². The summed E-state index contributed by atoms with van der Waals surface area (Å²) in [6.07, 6.45) is 26.5. The normalized spacial score (nSPS) is 19.2. The van der Waals surface area contributed by atoms with Crippen LogP contribution < -0.4 is 0 Å². The zero-order chi connectivity index (χ0) is 30.6. The summed E-state index contributed by atoms with van der Waals surface area (Å²) in [5.74, 6) is 6.68. The van der Waals surface area contributed by atoms with Gasteiger partial charge in [0.25, 0.3) is 0 Å². The van der Waals surface area contributed by atoms with E-state index in [1.807, 2.05) is 6.92 Å². The van der Waals surface area contributed by atoms with E-state index in [-0.39, 0.29) is 11.5 Å². The summed E-state index contributed by atoms with van der Waals surface area (Å²) in [5, 5.41) is 10.1. The second kappa shape index (κ2) is 16.0. The Labute approximate surface area is 250 Å². The van der Waals surface area contributed by atoms with Crippen LogP contribution in [0.5, 0.6) is 0 Å². The van der Waals surface area contributed by atoms with Crippen LogP contribution in [-0.4, -0.2) is 11.2 Å². The summed E-state index contributed by atoms with van der Waals surface area (Å²) >= 11 is 0. The summed E-state index contributed by atoms with van der Waals surface area (Å²) in [5.41, 5.74) is 12.2. The maximum Gasteiger partial charge on any atom is 0.0586 e. The molecule has 1 nitrogen and oxygen atoms in total. The summed E-state index contributed by atoms with van der Waals surface area (Å²) in [4.78, 5) is 0. The van der Waals surface area contributed by atoms with Crippen molar-refractivity contribution in [1.82, 2.24) is 0 Å². The SMILES string of the molecule is CC1=C(C#C/C(C)=C/C=C/C(C)=C/C=C/C=C(C)/C=C/C=C(C)/C=C/c2ccc(C)c(C)c2C)C(C)(C)C[C@H](O)C1. The van der Waals surface area contributed by atoms with Crippen molar-refractivity contribution in [1.29, 1.82) is 0 Å². The number of rotatable bonds is 8. The van der Waals surface area contributed by atoms with Gasteiger partial charge >= 0.3 is 0 Å². The van der Waals surface area contributed by atoms with Crippen molar-refractivity contribution in [2.24, 2.45) is 5.41 Å². The fraction of sp³-hybridized carbons (Fsp3) is 0.350. The van der Waals surface area contributed by atoms with E-state index >= 15 is 0 Å².